The van der Waals surface area contributed by atoms with Gasteiger partial charge in [-0.15, -0.1) is 0 Å². The Morgan fingerprint density at radius 1 is 1.12 bits per heavy atom. The zero-order valence-corrected chi connectivity index (χ0v) is 15.1. The van der Waals surface area contributed by atoms with Gasteiger partial charge in [-0.3, -0.25) is 19.5 Å². The van der Waals surface area contributed by atoms with Gasteiger partial charge in [-0.2, -0.15) is 0 Å². The first-order valence-corrected chi connectivity index (χ1v) is 8.92. The van der Waals surface area contributed by atoms with Crippen LogP contribution in [0, 0.1) is 0 Å². The van der Waals surface area contributed by atoms with Gasteiger partial charge in [-0.1, -0.05) is 17.7 Å². The number of carbonyl (C=O) groups excluding carboxylic acids is 2. The molecule has 2 N–H and O–H groups in total. The third kappa shape index (κ3) is 6.13. The molecule has 1 aliphatic carbocycles. The minimum atomic E-state index is -0.185. The summed E-state index contributed by atoms with van der Waals surface area (Å²) in [6.45, 7) is 0.745. The smallest absolute Gasteiger partial charge is 0.238 e. The van der Waals surface area contributed by atoms with Crippen molar-refractivity contribution in [1.29, 1.82) is 0 Å². The molecule has 1 fully saturated rings. The maximum atomic E-state index is 12.4. The second-order valence-corrected chi connectivity index (χ2v) is 6.84. The Kier molecular flexibility index (Phi) is 6.20. The molecule has 0 saturated heterocycles. The lowest BCUT2D eigenvalue weighted by Crippen LogP contribution is -2.41. The Morgan fingerprint density at radius 3 is 2.50 bits per heavy atom. The number of nitrogens with zero attached hydrogens (tertiary/aromatic N) is 2. The SMILES string of the molecule is O=C(CN(CC(=O)NC1CC1)Cc1cccnc1)Nc1ccc(Cl)cc1. The number of rotatable bonds is 8. The minimum absolute atomic E-state index is 0.0596. The second kappa shape index (κ2) is 8.78. The molecule has 26 heavy (non-hydrogen) atoms. The van der Waals surface area contributed by atoms with Crippen LogP contribution >= 0.6 is 11.6 Å². The van der Waals surface area contributed by atoms with E-state index in [1.807, 2.05) is 12.1 Å². The van der Waals surface area contributed by atoms with Gasteiger partial charge in [0.1, 0.15) is 0 Å². The highest BCUT2D eigenvalue weighted by atomic mass is 35.5. The van der Waals surface area contributed by atoms with E-state index in [0.717, 1.165) is 18.4 Å². The van der Waals surface area contributed by atoms with Crippen molar-refractivity contribution < 1.29 is 9.59 Å². The zero-order valence-electron chi connectivity index (χ0n) is 14.3. The molecule has 1 aromatic carbocycles. The fraction of sp³-hybridized carbons (Fsp3) is 0.316. The molecule has 0 aliphatic heterocycles. The van der Waals surface area contributed by atoms with Crippen molar-refractivity contribution in [3.05, 3.63) is 59.4 Å². The van der Waals surface area contributed by atoms with Crippen LogP contribution in [0.1, 0.15) is 18.4 Å². The van der Waals surface area contributed by atoms with E-state index in [2.05, 4.69) is 15.6 Å². The number of hydrogen-bond donors (Lipinski definition) is 2. The number of hydrogen-bond acceptors (Lipinski definition) is 4. The van der Waals surface area contributed by atoms with Crippen LogP contribution in [-0.4, -0.2) is 40.8 Å². The van der Waals surface area contributed by atoms with Crippen LogP contribution in [0.2, 0.25) is 5.02 Å². The summed E-state index contributed by atoms with van der Waals surface area (Å²) in [4.78, 5) is 30.4. The Morgan fingerprint density at radius 2 is 1.85 bits per heavy atom. The molecule has 3 rings (SSSR count). The van der Waals surface area contributed by atoms with E-state index in [9.17, 15) is 9.59 Å². The first-order valence-electron chi connectivity index (χ1n) is 8.54. The predicted molar refractivity (Wildman–Crippen MR) is 101 cm³/mol. The van der Waals surface area contributed by atoms with Crippen molar-refractivity contribution in [2.24, 2.45) is 0 Å². The molecule has 6 nitrogen and oxygen atoms in total. The molecule has 0 spiro atoms. The van der Waals surface area contributed by atoms with Crippen LogP contribution in [-0.2, 0) is 16.1 Å². The number of carbonyl (C=O) groups is 2. The summed E-state index contributed by atoms with van der Waals surface area (Å²) in [7, 11) is 0. The molecular formula is C19H21ClN4O2. The zero-order chi connectivity index (χ0) is 18.4. The monoisotopic (exact) mass is 372 g/mol. The van der Waals surface area contributed by atoms with Gasteiger partial charge in [0.2, 0.25) is 11.8 Å². The maximum Gasteiger partial charge on any atom is 0.238 e. The summed E-state index contributed by atoms with van der Waals surface area (Å²) >= 11 is 5.86. The summed E-state index contributed by atoms with van der Waals surface area (Å²) < 4.78 is 0. The largest absolute Gasteiger partial charge is 0.352 e. The standard InChI is InChI=1S/C19H21ClN4O2/c20-15-3-5-16(6-4-15)22-18(25)12-24(11-14-2-1-9-21-10-14)13-19(26)23-17-7-8-17/h1-6,9-10,17H,7-8,11-13H2,(H,22,25)(H,23,26). The van der Waals surface area contributed by atoms with Crippen LogP contribution in [0.15, 0.2) is 48.8 Å². The number of anilines is 1. The number of benzene rings is 1. The van der Waals surface area contributed by atoms with Gasteiger partial charge in [-0.25, -0.2) is 0 Å². The molecular weight excluding hydrogens is 352 g/mol. The molecule has 1 saturated carbocycles. The molecule has 0 radical (unpaired) electrons. The van der Waals surface area contributed by atoms with E-state index < -0.39 is 0 Å². The van der Waals surface area contributed by atoms with Gasteiger partial charge in [0.15, 0.2) is 0 Å². The minimum Gasteiger partial charge on any atom is -0.352 e. The van der Waals surface area contributed by atoms with E-state index in [0.29, 0.717) is 23.3 Å². The fourth-order valence-corrected chi connectivity index (χ4v) is 2.68. The van der Waals surface area contributed by atoms with E-state index in [4.69, 9.17) is 11.6 Å². The first kappa shape index (κ1) is 18.4. The van der Waals surface area contributed by atoms with Crippen molar-refractivity contribution in [3.8, 4) is 0 Å². The van der Waals surface area contributed by atoms with Crippen molar-refractivity contribution in [1.82, 2.24) is 15.2 Å². The van der Waals surface area contributed by atoms with E-state index in [1.165, 1.54) is 0 Å². The average Bonchev–Trinajstić information content (AvgIpc) is 3.41. The van der Waals surface area contributed by atoms with E-state index in [1.54, 1.807) is 41.6 Å². The molecule has 2 aromatic rings. The normalized spacial score (nSPS) is 13.5. The number of amides is 2. The van der Waals surface area contributed by atoms with Gasteiger partial charge < -0.3 is 10.6 Å². The lowest BCUT2D eigenvalue weighted by atomic mass is 10.2. The lowest BCUT2D eigenvalue weighted by Gasteiger charge is -2.21. The molecule has 0 atom stereocenters. The highest BCUT2D eigenvalue weighted by Gasteiger charge is 2.24. The van der Waals surface area contributed by atoms with Gasteiger partial charge in [-0.05, 0) is 48.7 Å². The van der Waals surface area contributed by atoms with Crippen LogP contribution in [0.4, 0.5) is 5.69 Å². The van der Waals surface area contributed by atoms with Gasteiger partial charge in [0.05, 0.1) is 13.1 Å². The van der Waals surface area contributed by atoms with Gasteiger partial charge in [0, 0.05) is 35.7 Å². The van der Waals surface area contributed by atoms with Crippen molar-refractivity contribution in [2.75, 3.05) is 18.4 Å². The van der Waals surface area contributed by atoms with Crippen molar-refractivity contribution in [3.63, 3.8) is 0 Å². The number of halogens is 1. The van der Waals surface area contributed by atoms with Crippen molar-refractivity contribution >= 4 is 29.1 Å². The third-order valence-corrected chi connectivity index (χ3v) is 4.19. The summed E-state index contributed by atoms with van der Waals surface area (Å²) in [5.41, 5.74) is 1.62. The predicted octanol–water partition coefficient (Wildman–Crippen LogP) is 2.45. The Bertz CT molecular complexity index is 748. The number of pyridine rings is 1. The van der Waals surface area contributed by atoms with Gasteiger partial charge in [0.25, 0.3) is 0 Å². The third-order valence-electron chi connectivity index (χ3n) is 3.93. The highest BCUT2D eigenvalue weighted by molar-refractivity contribution is 6.30. The van der Waals surface area contributed by atoms with Crippen LogP contribution in [0.25, 0.3) is 0 Å². The van der Waals surface area contributed by atoms with E-state index >= 15 is 0 Å². The topological polar surface area (TPSA) is 74.3 Å². The first-order chi connectivity index (χ1) is 12.6. The van der Waals surface area contributed by atoms with Crippen molar-refractivity contribution in [2.45, 2.75) is 25.4 Å². The van der Waals surface area contributed by atoms with Crippen LogP contribution in [0.5, 0.6) is 0 Å². The molecule has 136 valence electrons. The molecule has 0 unspecified atom stereocenters. The summed E-state index contributed by atoms with van der Waals surface area (Å²) in [5, 5.41) is 6.39. The number of nitrogens with one attached hydrogen (secondary N) is 2. The molecule has 2 amide bonds. The quantitative estimate of drug-likeness (QED) is 0.746. The van der Waals surface area contributed by atoms with Gasteiger partial charge >= 0.3 is 0 Å². The Labute approximate surface area is 157 Å². The van der Waals surface area contributed by atoms with E-state index in [-0.39, 0.29) is 24.9 Å². The summed E-state index contributed by atoms with van der Waals surface area (Å²) in [6, 6.07) is 11.0. The molecule has 1 aromatic heterocycles. The lowest BCUT2D eigenvalue weighted by molar-refractivity contribution is -0.123. The summed E-state index contributed by atoms with van der Waals surface area (Å²) in [6.07, 6.45) is 5.50. The summed E-state index contributed by atoms with van der Waals surface area (Å²) in [5.74, 6) is -0.244. The maximum absolute atomic E-state index is 12.4. The highest BCUT2D eigenvalue weighted by Crippen LogP contribution is 2.18. The van der Waals surface area contributed by atoms with Crippen LogP contribution < -0.4 is 10.6 Å². The second-order valence-electron chi connectivity index (χ2n) is 6.40. The molecule has 0 bridgehead atoms. The molecule has 7 heteroatoms. The van der Waals surface area contributed by atoms with Crippen LogP contribution in [0.3, 0.4) is 0 Å². The fourth-order valence-electron chi connectivity index (χ4n) is 2.56. The Balaban J connectivity index is 1.60. The molecule has 1 aliphatic rings. The average molecular weight is 373 g/mol. The molecule has 1 heterocycles. The Hall–Kier alpha value is -2.44. The number of aromatic nitrogens is 1.